The average molecular weight is 180 g/mol. The van der Waals surface area contributed by atoms with Gasteiger partial charge in [-0.2, -0.15) is 0 Å². The molecule has 1 aromatic rings. The first-order valence-corrected chi connectivity index (χ1v) is 4.17. The Hall–Kier alpha value is -1.51. The van der Waals surface area contributed by atoms with E-state index in [0.717, 1.165) is 5.56 Å². The number of esters is 1. The Morgan fingerprint density at radius 2 is 2.54 bits per heavy atom. The Morgan fingerprint density at radius 3 is 3.15 bits per heavy atom. The van der Waals surface area contributed by atoms with Crippen LogP contribution < -0.4 is 0 Å². The Labute approximate surface area is 77.0 Å². The molecule has 0 amide bonds. The SMILES string of the molecule is CCOC(=O)CC=Cc1ccoc1. The van der Waals surface area contributed by atoms with Crippen LogP contribution in [0.5, 0.6) is 0 Å². The van der Waals surface area contributed by atoms with Crippen molar-refractivity contribution in [2.45, 2.75) is 13.3 Å². The minimum absolute atomic E-state index is 0.206. The fraction of sp³-hybridized carbons (Fsp3) is 0.300. The number of furan rings is 1. The van der Waals surface area contributed by atoms with Crippen molar-refractivity contribution in [3.8, 4) is 0 Å². The first kappa shape index (κ1) is 9.58. The summed E-state index contributed by atoms with van der Waals surface area (Å²) in [6.07, 6.45) is 7.08. The van der Waals surface area contributed by atoms with E-state index in [1.165, 1.54) is 0 Å². The molecule has 0 saturated carbocycles. The number of carbonyl (C=O) groups excluding carboxylic acids is 1. The zero-order valence-corrected chi connectivity index (χ0v) is 7.53. The van der Waals surface area contributed by atoms with Gasteiger partial charge in [-0.15, -0.1) is 0 Å². The van der Waals surface area contributed by atoms with Gasteiger partial charge in [0, 0.05) is 5.56 Å². The minimum Gasteiger partial charge on any atom is -0.472 e. The van der Waals surface area contributed by atoms with Crippen molar-refractivity contribution < 1.29 is 13.9 Å². The van der Waals surface area contributed by atoms with Gasteiger partial charge >= 0.3 is 5.97 Å². The lowest BCUT2D eigenvalue weighted by molar-refractivity contribution is -0.142. The first-order valence-electron chi connectivity index (χ1n) is 4.17. The van der Waals surface area contributed by atoms with Crippen LogP contribution in [-0.2, 0) is 9.53 Å². The fourth-order valence-corrected chi connectivity index (χ4v) is 0.881. The standard InChI is InChI=1S/C10H12O3/c1-2-13-10(11)5-3-4-9-6-7-12-8-9/h3-4,6-8H,2,5H2,1H3. The third-order valence-corrected chi connectivity index (χ3v) is 1.44. The van der Waals surface area contributed by atoms with Crippen molar-refractivity contribution in [1.29, 1.82) is 0 Å². The molecule has 0 unspecified atom stereocenters. The van der Waals surface area contributed by atoms with Gasteiger partial charge in [-0.05, 0) is 13.0 Å². The van der Waals surface area contributed by atoms with Gasteiger partial charge in [-0.3, -0.25) is 4.79 Å². The Kier molecular flexibility index (Phi) is 3.82. The molecule has 1 heterocycles. The molecule has 0 spiro atoms. The molecule has 1 aromatic heterocycles. The lowest BCUT2D eigenvalue weighted by Gasteiger charge is -1.95. The van der Waals surface area contributed by atoms with Crippen LogP contribution in [0.2, 0.25) is 0 Å². The predicted octanol–water partition coefficient (Wildman–Crippen LogP) is 2.25. The molecular formula is C10H12O3. The van der Waals surface area contributed by atoms with Crippen molar-refractivity contribution in [1.82, 2.24) is 0 Å². The van der Waals surface area contributed by atoms with Crippen molar-refractivity contribution in [2.24, 2.45) is 0 Å². The van der Waals surface area contributed by atoms with E-state index in [1.54, 1.807) is 25.5 Å². The van der Waals surface area contributed by atoms with Crippen molar-refractivity contribution in [3.63, 3.8) is 0 Å². The molecule has 0 radical (unpaired) electrons. The quantitative estimate of drug-likeness (QED) is 0.667. The van der Waals surface area contributed by atoms with Crippen LogP contribution in [0.3, 0.4) is 0 Å². The second kappa shape index (κ2) is 5.19. The fourth-order valence-electron chi connectivity index (χ4n) is 0.881. The monoisotopic (exact) mass is 180 g/mol. The Morgan fingerprint density at radius 1 is 1.69 bits per heavy atom. The summed E-state index contributed by atoms with van der Waals surface area (Å²) in [7, 11) is 0. The summed E-state index contributed by atoms with van der Waals surface area (Å²) in [5.41, 5.74) is 0.948. The number of ether oxygens (including phenoxy) is 1. The van der Waals surface area contributed by atoms with Gasteiger partial charge in [0.2, 0.25) is 0 Å². The molecule has 3 heteroatoms. The number of carbonyl (C=O) groups is 1. The summed E-state index contributed by atoms with van der Waals surface area (Å²) in [6.45, 7) is 2.22. The highest BCUT2D eigenvalue weighted by Gasteiger charge is 1.96. The van der Waals surface area contributed by atoms with E-state index in [-0.39, 0.29) is 5.97 Å². The number of hydrogen-bond acceptors (Lipinski definition) is 3. The van der Waals surface area contributed by atoms with Crippen molar-refractivity contribution in [3.05, 3.63) is 30.2 Å². The average Bonchev–Trinajstić information content (AvgIpc) is 2.57. The molecule has 0 aliphatic heterocycles. The van der Waals surface area contributed by atoms with Crippen LogP contribution in [0.1, 0.15) is 18.9 Å². The number of hydrogen-bond donors (Lipinski definition) is 0. The van der Waals surface area contributed by atoms with E-state index < -0.39 is 0 Å². The number of rotatable bonds is 4. The molecule has 0 aromatic carbocycles. The van der Waals surface area contributed by atoms with Crippen LogP contribution in [0.15, 0.2) is 29.1 Å². The van der Waals surface area contributed by atoms with Gasteiger partial charge in [0.1, 0.15) is 0 Å². The molecule has 0 saturated heterocycles. The van der Waals surface area contributed by atoms with Crippen LogP contribution in [0.25, 0.3) is 6.08 Å². The molecule has 13 heavy (non-hydrogen) atoms. The van der Waals surface area contributed by atoms with Gasteiger partial charge in [0.05, 0.1) is 25.6 Å². The summed E-state index contributed by atoms with van der Waals surface area (Å²) in [6, 6.07) is 1.82. The van der Waals surface area contributed by atoms with E-state index in [4.69, 9.17) is 9.15 Å². The first-order chi connectivity index (χ1) is 6.33. The normalized spacial score (nSPS) is 10.5. The molecule has 0 aliphatic rings. The summed E-state index contributed by atoms with van der Waals surface area (Å²) in [5, 5.41) is 0. The zero-order chi connectivity index (χ0) is 9.52. The highest BCUT2D eigenvalue weighted by molar-refractivity contribution is 5.72. The third-order valence-electron chi connectivity index (χ3n) is 1.44. The highest BCUT2D eigenvalue weighted by Crippen LogP contribution is 2.03. The lowest BCUT2D eigenvalue weighted by Crippen LogP contribution is -2.01. The van der Waals surface area contributed by atoms with E-state index >= 15 is 0 Å². The second-order valence-electron chi connectivity index (χ2n) is 2.47. The van der Waals surface area contributed by atoms with Crippen LogP contribution in [-0.4, -0.2) is 12.6 Å². The van der Waals surface area contributed by atoms with Crippen LogP contribution >= 0.6 is 0 Å². The van der Waals surface area contributed by atoms with E-state index in [0.29, 0.717) is 13.0 Å². The summed E-state index contributed by atoms with van der Waals surface area (Å²) in [5.74, 6) is -0.206. The van der Waals surface area contributed by atoms with Gasteiger partial charge < -0.3 is 9.15 Å². The predicted molar refractivity (Wildman–Crippen MR) is 49.0 cm³/mol. The van der Waals surface area contributed by atoms with Gasteiger partial charge in [0.25, 0.3) is 0 Å². The Balaban J connectivity index is 2.30. The van der Waals surface area contributed by atoms with Gasteiger partial charge in [-0.25, -0.2) is 0 Å². The molecule has 70 valence electrons. The summed E-state index contributed by atoms with van der Waals surface area (Å²) in [4.78, 5) is 10.9. The van der Waals surface area contributed by atoms with Crippen LogP contribution in [0, 0.1) is 0 Å². The maximum atomic E-state index is 10.9. The molecule has 0 atom stereocenters. The van der Waals surface area contributed by atoms with Gasteiger partial charge in [-0.1, -0.05) is 12.2 Å². The van der Waals surface area contributed by atoms with Gasteiger partial charge in [0.15, 0.2) is 0 Å². The largest absolute Gasteiger partial charge is 0.472 e. The topological polar surface area (TPSA) is 39.4 Å². The highest BCUT2D eigenvalue weighted by atomic mass is 16.5. The summed E-state index contributed by atoms with van der Waals surface area (Å²) < 4.78 is 9.60. The lowest BCUT2D eigenvalue weighted by atomic mass is 10.3. The molecule has 0 bridgehead atoms. The van der Waals surface area contributed by atoms with E-state index in [9.17, 15) is 4.79 Å². The molecule has 0 fully saturated rings. The molecule has 0 aliphatic carbocycles. The molecular weight excluding hydrogens is 168 g/mol. The molecule has 1 rings (SSSR count). The van der Waals surface area contributed by atoms with Crippen LogP contribution in [0.4, 0.5) is 0 Å². The third kappa shape index (κ3) is 3.60. The summed E-state index contributed by atoms with van der Waals surface area (Å²) >= 11 is 0. The maximum Gasteiger partial charge on any atom is 0.309 e. The van der Waals surface area contributed by atoms with E-state index in [1.807, 2.05) is 12.1 Å². The van der Waals surface area contributed by atoms with E-state index in [2.05, 4.69) is 0 Å². The smallest absolute Gasteiger partial charge is 0.309 e. The zero-order valence-electron chi connectivity index (χ0n) is 7.53. The molecule has 0 N–H and O–H groups in total. The Bertz CT molecular complexity index is 272. The molecule has 3 nitrogen and oxygen atoms in total. The van der Waals surface area contributed by atoms with Crippen molar-refractivity contribution >= 4 is 12.0 Å². The maximum absolute atomic E-state index is 10.9. The minimum atomic E-state index is -0.206. The van der Waals surface area contributed by atoms with Crippen molar-refractivity contribution in [2.75, 3.05) is 6.61 Å². The second-order valence-corrected chi connectivity index (χ2v) is 2.47.